The lowest BCUT2D eigenvalue weighted by molar-refractivity contribution is -0.115. The number of hydrogen-bond acceptors (Lipinski definition) is 4. The van der Waals surface area contributed by atoms with Gasteiger partial charge in [-0.05, 0) is 50.8 Å². The first-order valence-electron chi connectivity index (χ1n) is 8.40. The average molecular weight is 381 g/mol. The van der Waals surface area contributed by atoms with Gasteiger partial charge in [-0.3, -0.25) is 4.79 Å². The molecule has 2 aliphatic rings. The van der Waals surface area contributed by atoms with Crippen molar-refractivity contribution in [3.8, 4) is 0 Å². The van der Waals surface area contributed by atoms with Crippen LogP contribution < -0.4 is 5.32 Å². The Morgan fingerprint density at radius 2 is 2.12 bits per heavy atom. The zero-order chi connectivity index (χ0) is 17.6. The van der Waals surface area contributed by atoms with Crippen LogP contribution in [-0.2, 0) is 4.79 Å². The van der Waals surface area contributed by atoms with Gasteiger partial charge in [-0.15, -0.1) is 10.2 Å². The van der Waals surface area contributed by atoms with Crippen molar-refractivity contribution >= 4 is 35.0 Å². The molecule has 1 amide bonds. The summed E-state index contributed by atoms with van der Waals surface area (Å²) < 4.78 is 16.0. The predicted molar refractivity (Wildman–Crippen MR) is 95.6 cm³/mol. The highest BCUT2D eigenvalue weighted by Gasteiger charge is 2.37. The second kappa shape index (κ2) is 6.61. The van der Waals surface area contributed by atoms with Gasteiger partial charge in [0, 0.05) is 17.0 Å². The lowest BCUT2D eigenvalue weighted by Crippen LogP contribution is -2.23. The van der Waals surface area contributed by atoms with Gasteiger partial charge in [0.1, 0.15) is 11.6 Å². The normalized spacial score (nSPS) is 18.2. The predicted octanol–water partition coefficient (Wildman–Crippen LogP) is 4.40. The number of anilines is 1. The number of carbonyl (C=O) groups excluding carboxylic acids is 1. The number of nitrogens with one attached hydrogen (secondary N) is 1. The van der Waals surface area contributed by atoms with Crippen LogP contribution in [0.1, 0.15) is 50.4 Å². The van der Waals surface area contributed by atoms with Crippen LogP contribution in [0.4, 0.5) is 10.1 Å². The second-order valence-corrected chi connectivity index (χ2v) is 8.33. The summed E-state index contributed by atoms with van der Waals surface area (Å²) >= 11 is 7.10. The van der Waals surface area contributed by atoms with Crippen LogP contribution in [0.3, 0.4) is 0 Å². The van der Waals surface area contributed by atoms with Gasteiger partial charge in [0.05, 0.1) is 10.9 Å². The minimum absolute atomic E-state index is 0.129. The van der Waals surface area contributed by atoms with Crippen LogP contribution >= 0.6 is 23.4 Å². The molecule has 2 saturated carbocycles. The summed E-state index contributed by atoms with van der Waals surface area (Å²) in [6.07, 6.45) is 4.62. The van der Waals surface area contributed by atoms with Crippen LogP contribution in [0.5, 0.6) is 0 Å². The summed E-state index contributed by atoms with van der Waals surface area (Å²) in [4.78, 5) is 12.4. The molecule has 2 aromatic rings. The molecule has 0 saturated heterocycles. The minimum Gasteiger partial charge on any atom is -0.323 e. The molecular weight excluding hydrogens is 363 g/mol. The summed E-state index contributed by atoms with van der Waals surface area (Å²) in [5.41, 5.74) is 0.129. The van der Waals surface area contributed by atoms with Gasteiger partial charge in [-0.1, -0.05) is 23.4 Å². The third-order valence-electron chi connectivity index (χ3n) is 4.39. The lowest BCUT2D eigenvalue weighted by atomic mass is 10.3. The molecule has 0 spiro atoms. The van der Waals surface area contributed by atoms with Crippen molar-refractivity contribution in [1.82, 2.24) is 14.8 Å². The minimum atomic E-state index is -0.546. The molecule has 4 rings (SSSR count). The van der Waals surface area contributed by atoms with Gasteiger partial charge in [-0.2, -0.15) is 0 Å². The van der Waals surface area contributed by atoms with E-state index in [1.54, 1.807) is 13.0 Å². The summed E-state index contributed by atoms with van der Waals surface area (Å²) in [6, 6.07) is 4.66. The number of halogens is 2. The van der Waals surface area contributed by atoms with Gasteiger partial charge in [0.15, 0.2) is 5.16 Å². The first-order chi connectivity index (χ1) is 12.0. The molecule has 0 bridgehead atoms. The van der Waals surface area contributed by atoms with Gasteiger partial charge in [0.25, 0.3) is 0 Å². The third-order valence-corrected chi connectivity index (χ3v) is 5.68. The van der Waals surface area contributed by atoms with Crippen LogP contribution in [0.25, 0.3) is 0 Å². The first kappa shape index (κ1) is 16.8. The fraction of sp³-hybridized carbons (Fsp3) is 0.471. The van der Waals surface area contributed by atoms with Crippen LogP contribution in [0.2, 0.25) is 5.02 Å². The number of benzene rings is 1. The van der Waals surface area contributed by atoms with Crippen LogP contribution in [0.15, 0.2) is 23.4 Å². The molecule has 8 heteroatoms. The molecule has 2 aliphatic carbocycles. The summed E-state index contributed by atoms with van der Waals surface area (Å²) in [5, 5.41) is 11.9. The Morgan fingerprint density at radius 1 is 1.36 bits per heavy atom. The van der Waals surface area contributed by atoms with Crippen molar-refractivity contribution in [1.29, 1.82) is 0 Å². The van der Waals surface area contributed by atoms with E-state index in [1.807, 2.05) is 0 Å². The molecule has 5 nitrogen and oxygen atoms in total. The van der Waals surface area contributed by atoms with E-state index in [1.165, 1.54) is 36.7 Å². The monoisotopic (exact) mass is 380 g/mol. The second-order valence-electron chi connectivity index (χ2n) is 6.59. The summed E-state index contributed by atoms with van der Waals surface area (Å²) in [5.74, 6) is 0.760. The summed E-state index contributed by atoms with van der Waals surface area (Å²) in [7, 11) is 0. The highest BCUT2D eigenvalue weighted by atomic mass is 35.5. The number of nitrogens with zero attached hydrogens (tertiary/aromatic N) is 3. The largest absolute Gasteiger partial charge is 0.323 e. The van der Waals surface area contributed by atoms with E-state index in [9.17, 15) is 9.18 Å². The smallest absolute Gasteiger partial charge is 0.237 e. The standard InChI is InChI=1S/C17H18ClFN4OS/c1-9(16(24)20-14-7-4-11(18)8-13(14)19)25-17-22-21-15(10-2-3-10)23(17)12-5-6-12/h4,7-10,12H,2-3,5-6H2,1H3,(H,20,24)/t9-/m1/s1. The summed E-state index contributed by atoms with van der Waals surface area (Å²) in [6.45, 7) is 1.79. The first-order valence-corrected chi connectivity index (χ1v) is 9.66. The maximum Gasteiger partial charge on any atom is 0.237 e. The van der Waals surface area contributed by atoms with E-state index in [4.69, 9.17) is 11.6 Å². The van der Waals surface area contributed by atoms with Crippen molar-refractivity contribution in [3.63, 3.8) is 0 Å². The number of rotatable bonds is 6. The SMILES string of the molecule is C[C@@H](Sc1nnc(C2CC2)n1C1CC1)C(=O)Nc1ccc(Cl)cc1F. The highest BCUT2D eigenvalue weighted by molar-refractivity contribution is 8.00. The Labute approximate surface area is 154 Å². The maximum atomic E-state index is 13.8. The fourth-order valence-corrected chi connectivity index (χ4v) is 3.79. The lowest BCUT2D eigenvalue weighted by Gasteiger charge is -2.13. The number of thioether (sulfide) groups is 1. The molecule has 1 N–H and O–H groups in total. The molecule has 0 aliphatic heterocycles. The molecule has 132 valence electrons. The number of carbonyl (C=O) groups is 1. The molecule has 25 heavy (non-hydrogen) atoms. The van der Waals surface area contributed by atoms with Crippen LogP contribution in [-0.4, -0.2) is 25.9 Å². The maximum absolute atomic E-state index is 13.8. The Morgan fingerprint density at radius 3 is 2.76 bits per heavy atom. The number of hydrogen-bond donors (Lipinski definition) is 1. The van der Waals surface area contributed by atoms with Gasteiger partial charge >= 0.3 is 0 Å². The molecular formula is C17H18ClFN4OS. The molecule has 2 fully saturated rings. The van der Waals surface area contributed by atoms with Crippen molar-refractivity contribution in [2.24, 2.45) is 0 Å². The fourth-order valence-electron chi connectivity index (χ4n) is 2.70. The number of aromatic nitrogens is 3. The van der Waals surface area contributed by atoms with E-state index in [2.05, 4.69) is 20.1 Å². The third kappa shape index (κ3) is 3.67. The molecule has 1 heterocycles. The average Bonchev–Trinajstić information content (AvgIpc) is 3.49. The van der Waals surface area contributed by atoms with Crippen molar-refractivity contribution in [2.45, 2.75) is 55.0 Å². The van der Waals surface area contributed by atoms with E-state index < -0.39 is 11.1 Å². The Kier molecular flexibility index (Phi) is 4.45. The molecule has 0 unspecified atom stereocenters. The molecule has 1 aromatic heterocycles. The van der Waals surface area contributed by atoms with E-state index in [-0.39, 0.29) is 11.6 Å². The van der Waals surface area contributed by atoms with E-state index >= 15 is 0 Å². The van der Waals surface area contributed by atoms with Crippen molar-refractivity contribution in [3.05, 3.63) is 34.9 Å². The molecule has 1 aromatic carbocycles. The Hall–Kier alpha value is -1.60. The zero-order valence-corrected chi connectivity index (χ0v) is 15.3. The molecule has 0 radical (unpaired) electrons. The van der Waals surface area contributed by atoms with Gasteiger partial charge < -0.3 is 9.88 Å². The Balaban J connectivity index is 1.46. The Bertz CT molecular complexity index is 819. The highest BCUT2D eigenvalue weighted by Crippen LogP contribution is 2.46. The van der Waals surface area contributed by atoms with Crippen molar-refractivity contribution < 1.29 is 9.18 Å². The van der Waals surface area contributed by atoms with Gasteiger partial charge in [0.2, 0.25) is 5.91 Å². The topological polar surface area (TPSA) is 59.8 Å². The molecule has 1 atom stereocenters. The quantitative estimate of drug-likeness (QED) is 0.754. The van der Waals surface area contributed by atoms with Gasteiger partial charge in [-0.25, -0.2) is 4.39 Å². The van der Waals surface area contributed by atoms with Crippen molar-refractivity contribution in [2.75, 3.05) is 5.32 Å². The van der Waals surface area contributed by atoms with E-state index in [0.717, 1.165) is 23.8 Å². The zero-order valence-electron chi connectivity index (χ0n) is 13.7. The van der Waals surface area contributed by atoms with E-state index in [0.29, 0.717) is 17.0 Å². The van der Waals surface area contributed by atoms with Crippen LogP contribution in [0, 0.1) is 5.82 Å². The number of amides is 1.